The molecule has 0 unspecified atom stereocenters. The highest BCUT2D eigenvalue weighted by molar-refractivity contribution is 5.49. The van der Waals surface area contributed by atoms with Gasteiger partial charge in [0.15, 0.2) is 0 Å². The third-order valence-electron chi connectivity index (χ3n) is 2.91. The van der Waals surface area contributed by atoms with Crippen molar-refractivity contribution in [3.8, 4) is 0 Å². The molecule has 0 amide bonds. The predicted octanol–water partition coefficient (Wildman–Crippen LogP) is 2.72. The van der Waals surface area contributed by atoms with E-state index in [1.54, 1.807) is 0 Å². The Hall–Kier alpha value is -1.42. The highest BCUT2D eigenvalue weighted by Gasteiger charge is 2.13. The monoisotopic (exact) mass is 262 g/mol. The molecule has 1 aromatic rings. The zero-order valence-electron chi connectivity index (χ0n) is 12.6. The van der Waals surface area contributed by atoms with Gasteiger partial charge in [-0.1, -0.05) is 26.8 Å². The second kappa shape index (κ2) is 7.89. The summed E-state index contributed by atoms with van der Waals surface area (Å²) in [6.07, 6.45) is 4.97. The lowest BCUT2D eigenvalue weighted by Crippen LogP contribution is -2.27. The van der Waals surface area contributed by atoms with Gasteiger partial charge in [-0.2, -0.15) is 0 Å². The third kappa shape index (κ3) is 4.31. The zero-order chi connectivity index (χ0) is 14.3. The van der Waals surface area contributed by atoms with Crippen molar-refractivity contribution in [1.29, 1.82) is 0 Å². The van der Waals surface area contributed by atoms with Gasteiger partial charge in [-0.25, -0.2) is 9.97 Å². The average molecular weight is 262 g/mol. The van der Waals surface area contributed by atoms with Crippen molar-refractivity contribution in [2.45, 2.75) is 39.7 Å². The van der Waals surface area contributed by atoms with Crippen LogP contribution in [0, 0.1) is 0 Å². The highest BCUT2D eigenvalue weighted by atomic mass is 15.1. The van der Waals surface area contributed by atoms with E-state index in [1.807, 2.05) is 19.3 Å². The summed E-state index contributed by atoms with van der Waals surface area (Å²) in [5, 5.41) is 3.19. The predicted molar refractivity (Wildman–Crippen MR) is 81.6 cm³/mol. The number of rotatable bonds is 8. The molecule has 1 rings (SSSR count). The van der Waals surface area contributed by atoms with Gasteiger partial charge in [0, 0.05) is 25.6 Å². The quantitative estimate of drug-likeness (QED) is 0.731. The lowest BCUT2D eigenvalue weighted by molar-refractivity contribution is 0.712. The van der Waals surface area contributed by atoms with Gasteiger partial charge < -0.3 is 10.2 Å². The maximum Gasteiger partial charge on any atom is 0.131 e. The molecule has 1 heterocycles. The number of nitrogens with zero attached hydrogens (tertiary/aromatic N) is 3. The van der Waals surface area contributed by atoms with E-state index in [-0.39, 0.29) is 0 Å². The summed E-state index contributed by atoms with van der Waals surface area (Å²) in [6, 6.07) is 0. The van der Waals surface area contributed by atoms with Crippen LogP contribution in [0.3, 0.4) is 0 Å². The fraction of sp³-hybridized carbons (Fsp3) is 0.600. The molecule has 0 aliphatic heterocycles. The van der Waals surface area contributed by atoms with Gasteiger partial charge in [0.2, 0.25) is 0 Å². The van der Waals surface area contributed by atoms with Crippen molar-refractivity contribution >= 4 is 5.69 Å². The molecule has 0 aromatic carbocycles. The molecule has 106 valence electrons. The van der Waals surface area contributed by atoms with Crippen LogP contribution in [0.2, 0.25) is 0 Å². The van der Waals surface area contributed by atoms with Gasteiger partial charge in [-0.15, -0.1) is 6.58 Å². The second-order valence-electron chi connectivity index (χ2n) is 4.98. The number of aromatic nitrogens is 2. The molecule has 4 heteroatoms. The molecule has 0 bridgehead atoms. The number of anilines is 1. The van der Waals surface area contributed by atoms with E-state index in [4.69, 9.17) is 4.98 Å². The van der Waals surface area contributed by atoms with Crippen molar-refractivity contribution in [3.63, 3.8) is 0 Å². The Kier molecular flexibility index (Phi) is 6.50. The van der Waals surface area contributed by atoms with E-state index < -0.39 is 0 Å². The fourth-order valence-corrected chi connectivity index (χ4v) is 2.00. The first-order valence-corrected chi connectivity index (χ1v) is 7.00. The van der Waals surface area contributed by atoms with Crippen LogP contribution in [0.4, 0.5) is 5.69 Å². The van der Waals surface area contributed by atoms with Crippen LogP contribution in [0.5, 0.6) is 0 Å². The largest absolute Gasteiger partial charge is 0.365 e. The molecule has 0 radical (unpaired) electrons. The van der Waals surface area contributed by atoms with Gasteiger partial charge >= 0.3 is 0 Å². The molecule has 0 aliphatic rings. The molecule has 0 saturated carbocycles. The first-order chi connectivity index (χ1) is 9.13. The van der Waals surface area contributed by atoms with Crippen LogP contribution in [-0.2, 0) is 6.54 Å². The molecular formula is C15H26N4. The number of hydrogen-bond acceptors (Lipinski definition) is 4. The van der Waals surface area contributed by atoms with E-state index in [9.17, 15) is 0 Å². The van der Waals surface area contributed by atoms with Crippen molar-refractivity contribution in [3.05, 3.63) is 30.4 Å². The topological polar surface area (TPSA) is 41.1 Å². The molecule has 4 nitrogen and oxygen atoms in total. The molecule has 1 N–H and O–H groups in total. The maximum atomic E-state index is 4.70. The zero-order valence-corrected chi connectivity index (χ0v) is 12.6. The summed E-state index contributed by atoms with van der Waals surface area (Å²) in [7, 11) is 1.94. The van der Waals surface area contributed by atoms with Gasteiger partial charge in [0.25, 0.3) is 0 Å². The van der Waals surface area contributed by atoms with Crippen LogP contribution < -0.4 is 10.2 Å². The van der Waals surface area contributed by atoms with Gasteiger partial charge in [-0.3, -0.25) is 0 Å². The minimum Gasteiger partial charge on any atom is -0.365 e. The molecule has 0 aliphatic carbocycles. The molecule has 1 aromatic heterocycles. The SMILES string of the molecule is C=CCN(CCC)c1cnc(C(C)C)nc1CNC. The summed E-state index contributed by atoms with van der Waals surface area (Å²) in [4.78, 5) is 11.5. The van der Waals surface area contributed by atoms with E-state index in [0.29, 0.717) is 5.92 Å². The van der Waals surface area contributed by atoms with E-state index in [1.165, 1.54) is 0 Å². The van der Waals surface area contributed by atoms with Gasteiger partial charge in [0.1, 0.15) is 5.82 Å². The van der Waals surface area contributed by atoms with E-state index in [0.717, 1.165) is 43.3 Å². The molecule has 0 atom stereocenters. The third-order valence-corrected chi connectivity index (χ3v) is 2.91. The number of hydrogen-bond donors (Lipinski definition) is 1. The summed E-state index contributed by atoms with van der Waals surface area (Å²) < 4.78 is 0. The smallest absolute Gasteiger partial charge is 0.131 e. The highest BCUT2D eigenvalue weighted by Crippen LogP contribution is 2.20. The molecule has 0 spiro atoms. The molecular weight excluding hydrogens is 236 g/mol. The van der Waals surface area contributed by atoms with Crippen molar-refractivity contribution in [2.75, 3.05) is 25.0 Å². The van der Waals surface area contributed by atoms with Crippen LogP contribution in [-0.4, -0.2) is 30.1 Å². The Labute approximate surface area is 117 Å². The van der Waals surface area contributed by atoms with Gasteiger partial charge in [0.05, 0.1) is 17.6 Å². The van der Waals surface area contributed by atoms with Crippen LogP contribution in [0.1, 0.15) is 44.6 Å². The minimum atomic E-state index is 0.351. The lowest BCUT2D eigenvalue weighted by Gasteiger charge is -2.25. The Balaban J connectivity index is 3.11. The Morgan fingerprint density at radius 2 is 2.21 bits per heavy atom. The Morgan fingerprint density at radius 1 is 1.47 bits per heavy atom. The first kappa shape index (κ1) is 15.6. The maximum absolute atomic E-state index is 4.70. The standard InChI is InChI=1S/C15H26N4/c1-6-8-19(9-7-2)14-11-17-15(12(3)4)18-13(14)10-16-5/h6,11-12,16H,1,7-10H2,2-5H3. The van der Waals surface area contributed by atoms with Crippen LogP contribution >= 0.6 is 0 Å². The molecule has 0 saturated heterocycles. The summed E-state index contributed by atoms with van der Waals surface area (Å²) in [5.41, 5.74) is 2.18. The summed E-state index contributed by atoms with van der Waals surface area (Å²) in [6.45, 7) is 12.8. The Morgan fingerprint density at radius 3 is 2.74 bits per heavy atom. The van der Waals surface area contributed by atoms with Crippen molar-refractivity contribution in [1.82, 2.24) is 15.3 Å². The summed E-state index contributed by atoms with van der Waals surface area (Å²) >= 11 is 0. The van der Waals surface area contributed by atoms with E-state index >= 15 is 0 Å². The normalized spacial score (nSPS) is 10.8. The van der Waals surface area contributed by atoms with Crippen LogP contribution in [0.25, 0.3) is 0 Å². The fourth-order valence-electron chi connectivity index (χ4n) is 2.00. The van der Waals surface area contributed by atoms with Crippen LogP contribution in [0.15, 0.2) is 18.9 Å². The van der Waals surface area contributed by atoms with Crippen molar-refractivity contribution < 1.29 is 0 Å². The lowest BCUT2D eigenvalue weighted by atomic mass is 10.2. The Bertz CT molecular complexity index is 401. The number of nitrogens with one attached hydrogen (secondary N) is 1. The van der Waals surface area contributed by atoms with Crippen molar-refractivity contribution in [2.24, 2.45) is 0 Å². The molecule has 19 heavy (non-hydrogen) atoms. The average Bonchev–Trinajstić information content (AvgIpc) is 2.39. The second-order valence-corrected chi connectivity index (χ2v) is 4.98. The first-order valence-electron chi connectivity index (χ1n) is 7.00. The minimum absolute atomic E-state index is 0.351. The van der Waals surface area contributed by atoms with E-state index in [2.05, 4.69) is 42.6 Å². The van der Waals surface area contributed by atoms with Gasteiger partial charge in [-0.05, 0) is 13.5 Å². The summed E-state index contributed by atoms with van der Waals surface area (Å²) in [5.74, 6) is 1.26. The molecule has 0 fully saturated rings.